The fraction of sp³-hybridized carbons (Fsp3) is 0.429. The number of aromatic nitrogens is 3. The van der Waals surface area contributed by atoms with Crippen molar-refractivity contribution in [1.29, 1.82) is 0 Å². The molecule has 4 nitrogen and oxygen atoms in total. The van der Waals surface area contributed by atoms with Crippen LogP contribution in [0.1, 0.15) is 43.9 Å². The number of hydrogen-bond donors (Lipinski definition) is 1. The highest BCUT2D eigenvalue weighted by molar-refractivity contribution is 5.28. The summed E-state index contributed by atoms with van der Waals surface area (Å²) >= 11 is 0. The van der Waals surface area contributed by atoms with Crippen LogP contribution in [0.4, 0.5) is 0 Å². The quantitative estimate of drug-likeness (QED) is 0.881. The van der Waals surface area contributed by atoms with E-state index in [1.54, 1.807) is 0 Å². The molecule has 0 fully saturated rings. The Hall–Kier alpha value is -1.84. The molecule has 18 heavy (non-hydrogen) atoms. The monoisotopic (exact) mass is 245 g/mol. The van der Waals surface area contributed by atoms with Crippen molar-refractivity contribution < 1.29 is 4.74 Å². The van der Waals surface area contributed by atoms with Gasteiger partial charge in [-0.25, -0.2) is 4.98 Å². The third-order valence-electron chi connectivity index (χ3n) is 2.67. The van der Waals surface area contributed by atoms with Crippen LogP contribution < -0.4 is 4.74 Å². The number of ether oxygens (including phenoxy) is 1. The van der Waals surface area contributed by atoms with Gasteiger partial charge in [-0.15, -0.1) is 0 Å². The second-order valence-electron chi connectivity index (χ2n) is 4.55. The van der Waals surface area contributed by atoms with Gasteiger partial charge in [0.2, 0.25) is 0 Å². The first-order chi connectivity index (χ1) is 8.69. The van der Waals surface area contributed by atoms with Crippen molar-refractivity contribution in [2.75, 3.05) is 6.61 Å². The Bertz CT molecular complexity index is 488. The zero-order valence-corrected chi connectivity index (χ0v) is 11.1. The highest BCUT2D eigenvalue weighted by atomic mass is 16.5. The molecule has 0 bridgehead atoms. The van der Waals surface area contributed by atoms with E-state index in [0.29, 0.717) is 12.5 Å². The third-order valence-corrected chi connectivity index (χ3v) is 2.67. The van der Waals surface area contributed by atoms with Gasteiger partial charge in [0.05, 0.1) is 6.61 Å². The summed E-state index contributed by atoms with van der Waals surface area (Å²) in [6.07, 6.45) is 0.770. The molecular formula is C14H19N3O. The maximum atomic E-state index is 5.41. The summed E-state index contributed by atoms with van der Waals surface area (Å²) in [4.78, 5) is 4.47. The van der Waals surface area contributed by atoms with Crippen molar-refractivity contribution in [1.82, 2.24) is 15.2 Å². The number of hydrogen-bond acceptors (Lipinski definition) is 3. The second-order valence-corrected chi connectivity index (χ2v) is 4.55. The Morgan fingerprint density at radius 3 is 2.50 bits per heavy atom. The molecule has 0 atom stereocenters. The molecule has 0 radical (unpaired) electrons. The Labute approximate surface area is 107 Å². The van der Waals surface area contributed by atoms with Crippen LogP contribution >= 0.6 is 0 Å². The lowest BCUT2D eigenvalue weighted by molar-refractivity contribution is 0.340. The van der Waals surface area contributed by atoms with Crippen LogP contribution in [-0.2, 0) is 6.42 Å². The van der Waals surface area contributed by atoms with Crippen LogP contribution in [-0.4, -0.2) is 21.8 Å². The molecule has 1 heterocycles. The number of nitrogens with one attached hydrogen (secondary N) is 1. The average Bonchev–Trinajstić information content (AvgIpc) is 2.81. The summed E-state index contributed by atoms with van der Waals surface area (Å²) in [7, 11) is 0. The predicted octanol–water partition coefficient (Wildman–Crippen LogP) is 2.92. The van der Waals surface area contributed by atoms with Crippen LogP contribution in [0.2, 0.25) is 0 Å². The van der Waals surface area contributed by atoms with E-state index in [2.05, 4.69) is 41.2 Å². The zero-order valence-electron chi connectivity index (χ0n) is 11.1. The van der Waals surface area contributed by atoms with Crippen LogP contribution in [0, 0.1) is 0 Å². The van der Waals surface area contributed by atoms with Gasteiger partial charge in [0.15, 0.2) is 5.82 Å². The minimum Gasteiger partial charge on any atom is -0.494 e. The zero-order chi connectivity index (χ0) is 13.0. The molecule has 0 spiro atoms. The van der Waals surface area contributed by atoms with Gasteiger partial charge in [0, 0.05) is 12.3 Å². The van der Waals surface area contributed by atoms with E-state index in [-0.39, 0.29) is 0 Å². The van der Waals surface area contributed by atoms with E-state index in [1.807, 2.05) is 19.1 Å². The summed E-state index contributed by atoms with van der Waals surface area (Å²) in [6.45, 7) is 6.85. The molecule has 0 saturated heterocycles. The average molecular weight is 245 g/mol. The fourth-order valence-electron chi connectivity index (χ4n) is 1.71. The maximum Gasteiger partial charge on any atom is 0.153 e. The molecule has 1 aromatic carbocycles. The Morgan fingerprint density at radius 2 is 1.94 bits per heavy atom. The van der Waals surface area contributed by atoms with E-state index < -0.39 is 0 Å². The summed E-state index contributed by atoms with van der Waals surface area (Å²) < 4.78 is 5.41. The Kier molecular flexibility index (Phi) is 3.97. The van der Waals surface area contributed by atoms with Crippen LogP contribution in [0.5, 0.6) is 5.75 Å². The summed E-state index contributed by atoms with van der Waals surface area (Å²) in [6, 6.07) is 8.09. The second kappa shape index (κ2) is 5.67. The van der Waals surface area contributed by atoms with Crippen LogP contribution in [0.15, 0.2) is 24.3 Å². The Morgan fingerprint density at radius 1 is 1.22 bits per heavy atom. The lowest BCUT2D eigenvalue weighted by Crippen LogP contribution is -1.94. The van der Waals surface area contributed by atoms with Crippen LogP contribution in [0.25, 0.3) is 0 Å². The highest BCUT2D eigenvalue weighted by Crippen LogP contribution is 2.15. The molecule has 1 aromatic heterocycles. The largest absolute Gasteiger partial charge is 0.494 e. The first kappa shape index (κ1) is 12.6. The predicted molar refractivity (Wildman–Crippen MR) is 70.9 cm³/mol. The van der Waals surface area contributed by atoms with E-state index in [1.165, 1.54) is 5.56 Å². The lowest BCUT2D eigenvalue weighted by atomic mass is 10.1. The number of benzene rings is 1. The molecule has 0 aliphatic rings. The van der Waals surface area contributed by atoms with Crippen molar-refractivity contribution in [3.05, 3.63) is 41.5 Å². The topological polar surface area (TPSA) is 50.8 Å². The van der Waals surface area contributed by atoms with Gasteiger partial charge < -0.3 is 4.74 Å². The molecule has 0 amide bonds. The fourth-order valence-corrected chi connectivity index (χ4v) is 1.71. The molecule has 0 aliphatic carbocycles. The minimum absolute atomic E-state index is 0.357. The van der Waals surface area contributed by atoms with E-state index in [4.69, 9.17) is 4.74 Å². The molecular weight excluding hydrogens is 226 g/mol. The molecule has 1 N–H and O–H groups in total. The lowest BCUT2D eigenvalue weighted by Gasteiger charge is -2.03. The summed E-state index contributed by atoms with van der Waals surface area (Å²) in [5, 5.41) is 7.18. The van der Waals surface area contributed by atoms with Crippen molar-refractivity contribution in [2.24, 2.45) is 0 Å². The van der Waals surface area contributed by atoms with Gasteiger partial charge in [-0.3, -0.25) is 5.10 Å². The first-order valence-electron chi connectivity index (χ1n) is 6.32. The summed E-state index contributed by atoms with van der Waals surface area (Å²) in [5.74, 6) is 3.04. The van der Waals surface area contributed by atoms with Gasteiger partial charge in [-0.05, 0) is 24.6 Å². The van der Waals surface area contributed by atoms with Gasteiger partial charge in [0.25, 0.3) is 0 Å². The minimum atomic E-state index is 0.357. The number of H-pyrrole nitrogens is 1. The maximum absolute atomic E-state index is 5.41. The van der Waals surface area contributed by atoms with Gasteiger partial charge in [0.1, 0.15) is 11.6 Å². The SMILES string of the molecule is CCOc1ccc(Cc2nc(C(C)C)n[nH]2)cc1. The highest BCUT2D eigenvalue weighted by Gasteiger charge is 2.07. The van der Waals surface area contributed by atoms with Crippen molar-refractivity contribution in [3.63, 3.8) is 0 Å². The third kappa shape index (κ3) is 3.09. The van der Waals surface area contributed by atoms with Crippen molar-refractivity contribution in [2.45, 2.75) is 33.1 Å². The number of aromatic amines is 1. The van der Waals surface area contributed by atoms with E-state index >= 15 is 0 Å². The van der Waals surface area contributed by atoms with Crippen molar-refractivity contribution >= 4 is 0 Å². The Balaban J connectivity index is 2.03. The van der Waals surface area contributed by atoms with E-state index in [0.717, 1.165) is 23.8 Å². The molecule has 2 aromatic rings. The van der Waals surface area contributed by atoms with Gasteiger partial charge in [-0.1, -0.05) is 26.0 Å². The molecule has 0 saturated carbocycles. The van der Waals surface area contributed by atoms with Gasteiger partial charge >= 0.3 is 0 Å². The normalized spacial score (nSPS) is 10.9. The smallest absolute Gasteiger partial charge is 0.153 e. The number of rotatable bonds is 5. The molecule has 96 valence electrons. The molecule has 2 rings (SSSR count). The molecule has 0 unspecified atom stereocenters. The van der Waals surface area contributed by atoms with Crippen LogP contribution in [0.3, 0.4) is 0 Å². The summed E-state index contributed by atoms with van der Waals surface area (Å²) in [5.41, 5.74) is 1.20. The molecule has 4 heteroatoms. The first-order valence-corrected chi connectivity index (χ1v) is 6.32. The van der Waals surface area contributed by atoms with Crippen molar-refractivity contribution in [3.8, 4) is 5.75 Å². The number of nitrogens with zero attached hydrogens (tertiary/aromatic N) is 2. The standard InChI is InChI=1S/C14H19N3O/c1-4-18-12-7-5-11(6-8-12)9-13-15-14(10(2)3)17-16-13/h5-8,10H,4,9H2,1-3H3,(H,15,16,17). The van der Waals surface area contributed by atoms with E-state index in [9.17, 15) is 0 Å². The molecule has 0 aliphatic heterocycles. The van der Waals surface area contributed by atoms with Gasteiger partial charge in [-0.2, -0.15) is 5.10 Å².